The first-order chi connectivity index (χ1) is 13.2. The lowest BCUT2D eigenvalue weighted by Gasteiger charge is -2.23. The molecule has 3 aromatic rings. The van der Waals surface area contributed by atoms with Crippen molar-refractivity contribution in [3.05, 3.63) is 77.2 Å². The quantitative estimate of drug-likeness (QED) is 0.677. The number of para-hydroxylation sites is 1. The molecule has 1 aliphatic carbocycles. The Bertz CT molecular complexity index is 1010. The Hall–Kier alpha value is -2.90. The maximum absolute atomic E-state index is 13.0. The van der Waals surface area contributed by atoms with Crippen LogP contribution in [-0.2, 0) is 6.42 Å². The molecule has 0 saturated heterocycles. The van der Waals surface area contributed by atoms with E-state index in [1.54, 1.807) is 0 Å². The standard InChI is InChI=1S/C23H22FN3/c24-18-9-5-16(6-10-18)13-14-26-19-11-7-17(8-12-19)23-20-3-1-2-4-21(20)27-22(23)15-25/h1-7,9-10,19,26-27H,8,11-14H2. The van der Waals surface area contributed by atoms with E-state index in [1.807, 2.05) is 30.3 Å². The maximum atomic E-state index is 13.0. The lowest BCUT2D eigenvalue weighted by Crippen LogP contribution is -2.32. The van der Waals surface area contributed by atoms with Gasteiger partial charge in [-0.05, 0) is 61.6 Å². The van der Waals surface area contributed by atoms with Crippen molar-refractivity contribution in [2.75, 3.05) is 6.54 Å². The number of H-pyrrole nitrogens is 1. The molecule has 0 amide bonds. The number of nitrogens with one attached hydrogen (secondary N) is 2. The second-order valence-electron chi connectivity index (χ2n) is 7.06. The lowest BCUT2D eigenvalue weighted by atomic mass is 9.89. The SMILES string of the molecule is N#Cc1[nH]c2ccccc2c1C1=CCC(NCCc2ccc(F)cc2)CC1. The molecule has 0 fully saturated rings. The highest BCUT2D eigenvalue weighted by Crippen LogP contribution is 2.34. The number of benzene rings is 2. The average Bonchev–Trinajstić information content (AvgIpc) is 3.09. The Kier molecular flexibility index (Phi) is 5.04. The molecule has 0 aliphatic heterocycles. The fourth-order valence-corrected chi connectivity index (χ4v) is 3.88. The molecule has 2 aromatic carbocycles. The van der Waals surface area contributed by atoms with Crippen molar-refractivity contribution in [3.63, 3.8) is 0 Å². The molecule has 0 bridgehead atoms. The van der Waals surface area contributed by atoms with Crippen molar-refractivity contribution < 1.29 is 4.39 Å². The van der Waals surface area contributed by atoms with Gasteiger partial charge < -0.3 is 10.3 Å². The van der Waals surface area contributed by atoms with Gasteiger partial charge in [0.15, 0.2) is 0 Å². The number of hydrogen-bond acceptors (Lipinski definition) is 2. The van der Waals surface area contributed by atoms with E-state index in [2.05, 4.69) is 28.5 Å². The third-order valence-corrected chi connectivity index (χ3v) is 5.31. The molecule has 0 radical (unpaired) electrons. The zero-order valence-electron chi connectivity index (χ0n) is 15.1. The zero-order valence-corrected chi connectivity index (χ0v) is 15.1. The van der Waals surface area contributed by atoms with Crippen molar-refractivity contribution in [1.82, 2.24) is 10.3 Å². The number of fused-ring (bicyclic) bond motifs is 1. The largest absolute Gasteiger partial charge is 0.346 e. The number of rotatable bonds is 5. The number of nitriles is 1. The lowest BCUT2D eigenvalue weighted by molar-refractivity contribution is 0.482. The monoisotopic (exact) mass is 359 g/mol. The Morgan fingerprint density at radius 1 is 1.15 bits per heavy atom. The summed E-state index contributed by atoms with van der Waals surface area (Å²) in [5, 5.41) is 14.2. The first kappa shape index (κ1) is 17.5. The van der Waals surface area contributed by atoms with Gasteiger partial charge in [-0.3, -0.25) is 0 Å². The Labute approximate surface area is 158 Å². The van der Waals surface area contributed by atoms with Gasteiger partial charge in [0, 0.05) is 22.5 Å². The minimum Gasteiger partial charge on any atom is -0.346 e. The summed E-state index contributed by atoms with van der Waals surface area (Å²) in [6.45, 7) is 0.885. The van der Waals surface area contributed by atoms with Crippen molar-refractivity contribution in [2.24, 2.45) is 0 Å². The van der Waals surface area contributed by atoms with Crippen LogP contribution in [0.5, 0.6) is 0 Å². The van der Waals surface area contributed by atoms with Crippen LogP contribution in [0.1, 0.15) is 36.1 Å². The van der Waals surface area contributed by atoms with E-state index >= 15 is 0 Å². The van der Waals surface area contributed by atoms with Gasteiger partial charge in [0.1, 0.15) is 17.6 Å². The smallest absolute Gasteiger partial charge is 0.126 e. The molecule has 4 heteroatoms. The summed E-state index contributed by atoms with van der Waals surface area (Å²) < 4.78 is 13.0. The third kappa shape index (κ3) is 3.79. The molecule has 0 saturated carbocycles. The van der Waals surface area contributed by atoms with E-state index < -0.39 is 0 Å². The molecule has 2 N–H and O–H groups in total. The Morgan fingerprint density at radius 3 is 2.70 bits per heavy atom. The fraction of sp³-hybridized carbons (Fsp3) is 0.261. The van der Waals surface area contributed by atoms with Crippen LogP contribution in [0, 0.1) is 17.1 Å². The molecule has 1 heterocycles. The fourth-order valence-electron chi connectivity index (χ4n) is 3.88. The summed E-state index contributed by atoms with van der Waals surface area (Å²) >= 11 is 0. The molecule has 1 atom stereocenters. The topological polar surface area (TPSA) is 51.6 Å². The van der Waals surface area contributed by atoms with Crippen LogP contribution in [0.3, 0.4) is 0 Å². The maximum Gasteiger partial charge on any atom is 0.126 e. The van der Waals surface area contributed by atoms with Crippen LogP contribution in [0.2, 0.25) is 0 Å². The van der Waals surface area contributed by atoms with Crippen LogP contribution in [-0.4, -0.2) is 17.6 Å². The van der Waals surface area contributed by atoms with Crippen molar-refractivity contribution in [1.29, 1.82) is 5.26 Å². The summed E-state index contributed by atoms with van der Waals surface area (Å²) in [6.07, 6.45) is 6.15. The van der Waals surface area contributed by atoms with Gasteiger partial charge in [0.05, 0.1) is 0 Å². The van der Waals surface area contributed by atoms with Crippen LogP contribution >= 0.6 is 0 Å². The number of halogens is 1. The summed E-state index contributed by atoms with van der Waals surface area (Å²) in [6, 6.07) is 17.6. The van der Waals surface area contributed by atoms with E-state index in [-0.39, 0.29) is 5.82 Å². The van der Waals surface area contributed by atoms with Gasteiger partial charge in [0.25, 0.3) is 0 Å². The van der Waals surface area contributed by atoms with E-state index in [1.165, 1.54) is 17.7 Å². The van der Waals surface area contributed by atoms with E-state index in [4.69, 9.17) is 0 Å². The predicted octanol–water partition coefficient (Wildman–Crippen LogP) is 4.95. The summed E-state index contributed by atoms with van der Waals surface area (Å²) in [7, 11) is 0. The normalized spacial score (nSPS) is 16.9. The predicted molar refractivity (Wildman–Crippen MR) is 107 cm³/mol. The molecular formula is C23H22FN3. The molecule has 136 valence electrons. The number of aromatic amines is 1. The molecule has 4 rings (SSSR count). The van der Waals surface area contributed by atoms with Gasteiger partial charge in [-0.2, -0.15) is 5.26 Å². The number of hydrogen-bond donors (Lipinski definition) is 2. The molecular weight excluding hydrogens is 337 g/mol. The van der Waals surface area contributed by atoms with Gasteiger partial charge in [-0.15, -0.1) is 0 Å². The summed E-state index contributed by atoms with van der Waals surface area (Å²) in [5.74, 6) is -0.189. The molecule has 1 aliphatic rings. The van der Waals surface area contributed by atoms with Crippen molar-refractivity contribution in [2.45, 2.75) is 31.7 Å². The van der Waals surface area contributed by atoms with Gasteiger partial charge >= 0.3 is 0 Å². The third-order valence-electron chi connectivity index (χ3n) is 5.31. The molecule has 1 unspecified atom stereocenters. The molecule has 1 aromatic heterocycles. The minimum atomic E-state index is -0.189. The minimum absolute atomic E-state index is 0.189. The molecule has 0 spiro atoms. The van der Waals surface area contributed by atoms with E-state index in [0.29, 0.717) is 11.7 Å². The molecule has 27 heavy (non-hydrogen) atoms. The van der Waals surface area contributed by atoms with E-state index in [9.17, 15) is 9.65 Å². The number of nitrogens with zero attached hydrogens (tertiary/aromatic N) is 1. The first-order valence-corrected chi connectivity index (χ1v) is 9.42. The summed E-state index contributed by atoms with van der Waals surface area (Å²) in [4.78, 5) is 3.23. The van der Waals surface area contributed by atoms with Crippen LogP contribution in [0.15, 0.2) is 54.6 Å². The van der Waals surface area contributed by atoms with Crippen LogP contribution in [0.25, 0.3) is 16.5 Å². The Balaban J connectivity index is 1.40. The van der Waals surface area contributed by atoms with Crippen LogP contribution < -0.4 is 5.32 Å². The number of aromatic nitrogens is 1. The average molecular weight is 359 g/mol. The Morgan fingerprint density at radius 2 is 1.96 bits per heavy atom. The van der Waals surface area contributed by atoms with Gasteiger partial charge in [-0.25, -0.2) is 4.39 Å². The van der Waals surface area contributed by atoms with E-state index in [0.717, 1.165) is 54.3 Å². The highest BCUT2D eigenvalue weighted by molar-refractivity contribution is 5.95. The molecule has 3 nitrogen and oxygen atoms in total. The first-order valence-electron chi connectivity index (χ1n) is 9.42. The van der Waals surface area contributed by atoms with Crippen molar-refractivity contribution in [3.8, 4) is 6.07 Å². The zero-order chi connectivity index (χ0) is 18.6. The highest BCUT2D eigenvalue weighted by Gasteiger charge is 2.20. The van der Waals surface area contributed by atoms with Crippen molar-refractivity contribution >= 4 is 16.5 Å². The van der Waals surface area contributed by atoms with Crippen LogP contribution in [0.4, 0.5) is 4.39 Å². The highest BCUT2D eigenvalue weighted by atomic mass is 19.1. The summed E-state index contributed by atoms with van der Waals surface area (Å²) in [5.41, 5.74) is 5.15. The number of allylic oxidation sites excluding steroid dienone is 1. The van der Waals surface area contributed by atoms with Gasteiger partial charge in [-0.1, -0.05) is 36.4 Å². The second-order valence-corrected chi connectivity index (χ2v) is 7.06. The van der Waals surface area contributed by atoms with Gasteiger partial charge in [0.2, 0.25) is 0 Å². The second kappa shape index (κ2) is 7.77.